The van der Waals surface area contributed by atoms with E-state index in [1.54, 1.807) is 0 Å². The number of carboxylic acids is 1. The van der Waals surface area contributed by atoms with Crippen LogP contribution < -0.4 is 0 Å². The first-order chi connectivity index (χ1) is 5.64. The second-order valence-corrected chi connectivity index (χ2v) is 4.09. The molecule has 0 radical (unpaired) electrons. The topological polar surface area (TPSA) is 46.5 Å². The maximum Gasteiger partial charge on any atom is 0.307 e. The van der Waals surface area contributed by atoms with Gasteiger partial charge in [0.1, 0.15) is 0 Å². The van der Waals surface area contributed by atoms with E-state index in [0.717, 1.165) is 25.9 Å². The quantitative estimate of drug-likeness (QED) is 0.644. The van der Waals surface area contributed by atoms with Gasteiger partial charge in [0.2, 0.25) is 0 Å². The SMILES string of the molecule is CC1CC2(CCO1)CC2C(=O)O. The highest BCUT2D eigenvalue weighted by molar-refractivity contribution is 5.74. The molecule has 3 atom stereocenters. The largest absolute Gasteiger partial charge is 0.481 e. The second kappa shape index (κ2) is 2.46. The summed E-state index contributed by atoms with van der Waals surface area (Å²) in [6, 6.07) is 0. The second-order valence-electron chi connectivity index (χ2n) is 4.09. The number of hydrogen-bond donors (Lipinski definition) is 1. The molecule has 1 N–H and O–H groups in total. The molecular formula is C9H14O3. The number of aliphatic carboxylic acids is 1. The molecule has 3 unspecified atom stereocenters. The number of rotatable bonds is 1. The molecular weight excluding hydrogens is 156 g/mol. The first kappa shape index (κ1) is 8.05. The molecule has 0 aromatic heterocycles. The molecule has 1 saturated heterocycles. The van der Waals surface area contributed by atoms with E-state index in [2.05, 4.69) is 0 Å². The first-order valence-electron chi connectivity index (χ1n) is 4.48. The smallest absolute Gasteiger partial charge is 0.307 e. The van der Waals surface area contributed by atoms with Gasteiger partial charge in [-0.05, 0) is 31.6 Å². The Hall–Kier alpha value is -0.570. The fourth-order valence-corrected chi connectivity index (χ4v) is 2.40. The van der Waals surface area contributed by atoms with E-state index in [-0.39, 0.29) is 17.4 Å². The number of hydrogen-bond acceptors (Lipinski definition) is 2. The van der Waals surface area contributed by atoms with E-state index in [1.807, 2.05) is 6.92 Å². The standard InChI is InChI=1S/C9H14O3/c1-6-4-9(2-3-12-6)5-7(9)8(10)11/h6-7H,2-5H2,1H3,(H,10,11). The molecule has 0 bridgehead atoms. The van der Waals surface area contributed by atoms with Crippen molar-refractivity contribution < 1.29 is 14.6 Å². The van der Waals surface area contributed by atoms with Gasteiger partial charge in [0.15, 0.2) is 0 Å². The van der Waals surface area contributed by atoms with Gasteiger partial charge in [0, 0.05) is 6.61 Å². The Bertz CT molecular complexity index is 214. The number of carbonyl (C=O) groups is 1. The Balaban J connectivity index is 2.01. The zero-order valence-electron chi connectivity index (χ0n) is 7.25. The monoisotopic (exact) mass is 170 g/mol. The number of carboxylic acid groups (broad SMARTS) is 1. The highest BCUT2D eigenvalue weighted by atomic mass is 16.5. The molecule has 1 aliphatic heterocycles. The minimum Gasteiger partial charge on any atom is -0.481 e. The summed E-state index contributed by atoms with van der Waals surface area (Å²) in [5.74, 6) is -0.701. The van der Waals surface area contributed by atoms with Gasteiger partial charge in [0.05, 0.1) is 12.0 Å². The maximum absolute atomic E-state index is 10.7. The van der Waals surface area contributed by atoms with Crippen molar-refractivity contribution >= 4 is 5.97 Å². The van der Waals surface area contributed by atoms with Gasteiger partial charge >= 0.3 is 5.97 Å². The Labute approximate surface area is 71.7 Å². The van der Waals surface area contributed by atoms with Gasteiger partial charge in [-0.25, -0.2) is 0 Å². The summed E-state index contributed by atoms with van der Waals surface area (Å²) in [4.78, 5) is 10.7. The van der Waals surface area contributed by atoms with Crippen LogP contribution in [-0.2, 0) is 9.53 Å². The van der Waals surface area contributed by atoms with Crippen molar-refractivity contribution in [3.05, 3.63) is 0 Å². The minimum absolute atomic E-state index is 0.0798. The Kier molecular flexibility index (Phi) is 1.65. The van der Waals surface area contributed by atoms with Crippen molar-refractivity contribution in [1.82, 2.24) is 0 Å². The summed E-state index contributed by atoms with van der Waals surface area (Å²) in [7, 11) is 0. The molecule has 2 aliphatic rings. The predicted octanol–water partition coefficient (Wildman–Crippen LogP) is 1.28. The molecule has 1 spiro atoms. The van der Waals surface area contributed by atoms with Gasteiger partial charge < -0.3 is 9.84 Å². The average Bonchev–Trinajstić information content (AvgIpc) is 2.63. The summed E-state index contributed by atoms with van der Waals surface area (Å²) < 4.78 is 5.39. The van der Waals surface area contributed by atoms with E-state index in [9.17, 15) is 4.79 Å². The third kappa shape index (κ3) is 1.12. The zero-order valence-corrected chi connectivity index (χ0v) is 7.25. The van der Waals surface area contributed by atoms with Crippen LogP contribution in [0.25, 0.3) is 0 Å². The molecule has 12 heavy (non-hydrogen) atoms. The van der Waals surface area contributed by atoms with E-state index in [4.69, 9.17) is 9.84 Å². The van der Waals surface area contributed by atoms with Crippen molar-refractivity contribution in [3.63, 3.8) is 0 Å². The molecule has 0 aromatic rings. The van der Waals surface area contributed by atoms with Crippen LogP contribution in [0.5, 0.6) is 0 Å². The van der Waals surface area contributed by atoms with Crippen LogP contribution in [0, 0.1) is 11.3 Å². The normalized spacial score (nSPS) is 46.1. The minimum atomic E-state index is -0.621. The molecule has 3 nitrogen and oxygen atoms in total. The van der Waals surface area contributed by atoms with Crippen molar-refractivity contribution in [1.29, 1.82) is 0 Å². The molecule has 0 amide bonds. The number of ether oxygens (including phenoxy) is 1. The van der Waals surface area contributed by atoms with Crippen LogP contribution in [0.4, 0.5) is 0 Å². The lowest BCUT2D eigenvalue weighted by atomic mass is 9.90. The maximum atomic E-state index is 10.7. The Morgan fingerprint density at radius 2 is 2.33 bits per heavy atom. The fraction of sp³-hybridized carbons (Fsp3) is 0.889. The van der Waals surface area contributed by atoms with Gasteiger partial charge in [-0.2, -0.15) is 0 Å². The molecule has 68 valence electrons. The molecule has 2 fully saturated rings. The fourth-order valence-electron chi connectivity index (χ4n) is 2.40. The third-order valence-electron chi connectivity index (χ3n) is 3.18. The van der Waals surface area contributed by atoms with E-state index in [0.29, 0.717) is 0 Å². The highest BCUT2D eigenvalue weighted by Crippen LogP contribution is 2.60. The average molecular weight is 170 g/mol. The lowest BCUT2D eigenvalue weighted by molar-refractivity contribution is -0.140. The van der Waals surface area contributed by atoms with Crippen LogP contribution in [0.2, 0.25) is 0 Å². The van der Waals surface area contributed by atoms with E-state index in [1.165, 1.54) is 0 Å². The van der Waals surface area contributed by atoms with Crippen LogP contribution in [0.1, 0.15) is 26.2 Å². The lowest BCUT2D eigenvalue weighted by Gasteiger charge is -2.27. The van der Waals surface area contributed by atoms with E-state index < -0.39 is 5.97 Å². The van der Waals surface area contributed by atoms with Crippen LogP contribution in [-0.4, -0.2) is 23.8 Å². The zero-order chi connectivity index (χ0) is 8.77. The summed E-state index contributed by atoms with van der Waals surface area (Å²) in [6.07, 6.45) is 3.00. The van der Waals surface area contributed by atoms with Gasteiger partial charge in [-0.1, -0.05) is 0 Å². The molecule has 1 saturated carbocycles. The third-order valence-corrected chi connectivity index (χ3v) is 3.18. The molecule has 1 aliphatic carbocycles. The van der Waals surface area contributed by atoms with Gasteiger partial charge in [-0.15, -0.1) is 0 Å². The van der Waals surface area contributed by atoms with Crippen LogP contribution >= 0.6 is 0 Å². The highest BCUT2D eigenvalue weighted by Gasteiger charge is 2.59. The lowest BCUT2D eigenvalue weighted by Crippen LogP contribution is -2.26. The molecule has 2 rings (SSSR count). The van der Waals surface area contributed by atoms with Crippen LogP contribution in [0.15, 0.2) is 0 Å². The summed E-state index contributed by atoms with van der Waals surface area (Å²) in [5.41, 5.74) is 0.115. The van der Waals surface area contributed by atoms with Gasteiger partial charge in [0.25, 0.3) is 0 Å². The van der Waals surface area contributed by atoms with Crippen molar-refractivity contribution in [2.24, 2.45) is 11.3 Å². The Morgan fingerprint density at radius 3 is 2.83 bits per heavy atom. The first-order valence-corrected chi connectivity index (χ1v) is 4.48. The molecule has 0 aromatic carbocycles. The Morgan fingerprint density at radius 1 is 1.58 bits per heavy atom. The summed E-state index contributed by atoms with van der Waals surface area (Å²) in [6.45, 7) is 2.77. The molecule has 1 heterocycles. The summed E-state index contributed by atoms with van der Waals surface area (Å²) in [5, 5.41) is 8.82. The van der Waals surface area contributed by atoms with E-state index >= 15 is 0 Å². The summed E-state index contributed by atoms with van der Waals surface area (Å²) >= 11 is 0. The van der Waals surface area contributed by atoms with Crippen molar-refractivity contribution in [2.45, 2.75) is 32.3 Å². The van der Waals surface area contributed by atoms with Crippen LogP contribution in [0.3, 0.4) is 0 Å². The van der Waals surface area contributed by atoms with Crippen molar-refractivity contribution in [2.75, 3.05) is 6.61 Å². The predicted molar refractivity (Wildman–Crippen MR) is 42.8 cm³/mol. The molecule has 3 heteroatoms. The van der Waals surface area contributed by atoms with Crippen molar-refractivity contribution in [3.8, 4) is 0 Å². The van der Waals surface area contributed by atoms with Gasteiger partial charge in [-0.3, -0.25) is 4.79 Å².